The summed E-state index contributed by atoms with van der Waals surface area (Å²) in [6, 6.07) is 4.16. The van der Waals surface area contributed by atoms with E-state index in [1.807, 2.05) is 18.5 Å². The summed E-state index contributed by atoms with van der Waals surface area (Å²) in [5.41, 5.74) is 7.34. The van der Waals surface area contributed by atoms with Crippen molar-refractivity contribution in [3.8, 4) is 0 Å². The predicted octanol–water partition coefficient (Wildman–Crippen LogP) is 2.03. The molecule has 1 fully saturated rings. The molecule has 1 unspecified atom stereocenters. The molecule has 1 aromatic rings. The van der Waals surface area contributed by atoms with E-state index in [2.05, 4.69) is 29.8 Å². The normalized spacial score (nSPS) is 24.8. The lowest BCUT2D eigenvalue weighted by Crippen LogP contribution is -2.50. The molecule has 2 N–H and O–H groups in total. The van der Waals surface area contributed by atoms with Crippen molar-refractivity contribution in [2.75, 3.05) is 13.1 Å². The first-order valence-corrected chi connectivity index (χ1v) is 6.46. The lowest BCUT2D eigenvalue weighted by molar-refractivity contribution is 0.0417. The van der Waals surface area contributed by atoms with E-state index in [-0.39, 0.29) is 5.54 Å². The van der Waals surface area contributed by atoms with Gasteiger partial charge in [0.1, 0.15) is 0 Å². The molecular weight excluding hydrogens is 210 g/mol. The second-order valence-corrected chi connectivity index (χ2v) is 5.69. The van der Waals surface area contributed by atoms with E-state index in [1.54, 1.807) is 0 Å². The second-order valence-electron chi connectivity index (χ2n) is 5.69. The third-order valence-corrected chi connectivity index (χ3v) is 3.88. The summed E-state index contributed by atoms with van der Waals surface area (Å²) in [4.78, 5) is 6.73. The maximum absolute atomic E-state index is 5.79. The van der Waals surface area contributed by atoms with Gasteiger partial charge in [0.2, 0.25) is 0 Å². The zero-order chi connectivity index (χ0) is 12.3. The number of aromatic nitrogens is 1. The zero-order valence-corrected chi connectivity index (χ0v) is 10.9. The minimum absolute atomic E-state index is 0.248. The first-order valence-electron chi connectivity index (χ1n) is 6.46. The van der Waals surface area contributed by atoms with Crippen LogP contribution in [0.5, 0.6) is 0 Å². The summed E-state index contributed by atoms with van der Waals surface area (Å²) >= 11 is 0. The summed E-state index contributed by atoms with van der Waals surface area (Å²) in [6.07, 6.45) is 6.21. The molecule has 1 aliphatic rings. The minimum atomic E-state index is 0.248. The molecule has 17 heavy (non-hydrogen) atoms. The quantitative estimate of drug-likeness (QED) is 0.868. The van der Waals surface area contributed by atoms with E-state index in [1.165, 1.54) is 18.4 Å². The van der Waals surface area contributed by atoms with Crippen LogP contribution in [0.4, 0.5) is 0 Å². The van der Waals surface area contributed by atoms with E-state index in [9.17, 15) is 0 Å². The Morgan fingerprint density at radius 1 is 1.53 bits per heavy atom. The van der Waals surface area contributed by atoms with E-state index >= 15 is 0 Å². The third-order valence-electron chi connectivity index (χ3n) is 3.88. The van der Waals surface area contributed by atoms with Gasteiger partial charge in [0.15, 0.2) is 0 Å². The lowest BCUT2D eigenvalue weighted by Gasteiger charge is -2.45. The van der Waals surface area contributed by atoms with Gasteiger partial charge in [0, 0.05) is 24.5 Å². The molecule has 0 spiro atoms. The van der Waals surface area contributed by atoms with Crippen LogP contribution < -0.4 is 5.73 Å². The highest BCUT2D eigenvalue weighted by molar-refractivity contribution is 5.09. The Bertz CT molecular complexity index is 348. The Labute approximate surface area is 104 Å². The maximum atomic E-state index is 5.79. The first-order chi connectivity index (χ1) is 8.12. The molecule has 2 rings (SSSR count). The van der Waals surface area contributed by atoms with Crippen molar-refractivity contribution in [1.29, 1.82) is 0 Å². The number of piperidine rings is 1. The summed E-state index contributed by atoms with van der Waals surface area (Å²) in [6.45, 7) is 7.61. The zero-order valence-electron chi connectivity index (χ0n) is 10.9. The Morgan fingerprint density at radius 2 is 2.35 bits per heavy atom. The molecular formula is C14H23N3. The van der Waals surface area contributed by atoms with Crippen LogP contribution in [0.3, 0.4) is 0 Å². The third kappa shape index (κ3) is 3.05. The summed E-state index contributed by atoms with van der Waals surface area (Å²) < 4.78 is 0. The molecule has 0 radical (unpaired) electrons. The summed E-state index contributed by atoms with van der Waals surface area (Å²) in [7, 11) is 0. The average Bonchev–Trinajstić information content (AvgIpc) is 2.33. The summed E-state index contributed by atoms with van der Waals surface area (Å²) in [5.74, 6) is 0.690. The van der Waals surface area contributed by atoms with Crippen LogP contribution in [-0.2, 0) is 6.54 Å². The molecule has 94 valence electrons. The van der Waals surface area contributed by atoms with E-state index in [0.29, 0.717) is 5.92 Å². The van der Waals surface area contributed by atoms with E-state index < -0.39 is 0 Å². The monoisotopic (exact) mass is 233 g/mol. The van der Waals surface area contributed by atoms with Gasteiger partial charge >= 0.3 is 0 Å². The van der Waals surface area contributed by atoms with Crippen LogP contribution in [0.1, 0.15) is 32.3 Å². The Kier molecular flexibility index (Phi) is 3.79. The number of pyridine rings is 1. The molecule has 1 aliphatic heterocycles. The molecule has 1 aromatic heterocycles. The largest absolute Gasteiger partial charge is 0.330 e. The number of hydrogen-bond acceptors (Lipinski definition) is 3. The second kappa shape index (κ2) is 5.15. The fraction of sp³-hybridized carbons (Fsp3) is 0.643. The van der Waals surface area contributed by atoms with Crippen LogP contribution in [0, 0.1) is 5.92 Å². The average molecular weight is 233 g/mol. The highest BCUT2D eigenvalue weighted by Gasteiger charge is 2.33. The van der Waals surface area contributed by atoms with Crippen molar-refractivity contribution in [1.82, 2.24) is 9.88 Å². The van der Waals surface area contributed by atoms with Gasteiger partial charge in [-0.1, -0.05) is 6.07 Å². The van der Waals surface area contributed by atoms with Crippen LogP contribution in [0.25, 0.3) is 0 Å². The van der Waals surface area contributed by atoms with Gasteiger partial charge < -0.3 is 5.73 Å². The van der Waals surface area contributed by atoms with Crippen molar-refractivity contribution in [2.24, 2.45) is 11.7 Å². The van der Waals surface area contributed by atoms with Gasteiger partial charge in [-0.2, -0.15) is 0 Å². The molecule has 0 amide bonds. The number of nitrogens with two attached hydrogens (primary N) is 1. The molecule has 3 heteroatoms. The molecule has 2 heterocycles. The predicted molar refractivity (Wildman–Crippen MR) is 70.5 cm³/mol. The molecule has 1 atom stereocenters. The fourth-order valence-corrected chi connectivity index (χ4v) is 2.78. The molecule has 0 aromatic carbocycles. The molecule has 0 bridgehead atoms. The Hall–Kier alpha value is -0.930. The van der Waals surface area contributed by atoms with Crippen molar-refractivity contribution in [2.45, 2.75) is 38.8 Å². The van der Waals surface area contributed by atoms with Crippen molar-refractivity contribution in [3.63, 3.8) is 0 Å². The summed E-state index contributed by atoms with van der Waals surface area (Å²) in [5, 5.41) is 0. The number of rotatable bonds is 3. The molecule has 3 nitrogen and oxygen atoms in total. The van der Waals surface area contributed by atoms with Gasteiger partial charge in [-0.05, 0) is 57.3 Å². The smallest absolute Gasteiger partial charge is 0.0312 e. The highest BCUT2D eigenvalue weighted by Crippen LogP contribution is 2.31. The van der Waals surface area contributed by atoms with Gasteiger partial charge in [-0.25, -0.2) is 0 Å². The topological polar surface area (TPSA) is 42.1 Å². The van der Waals surface area contributed by atoms with E-state index in [0.717, 1.165) is 19.6 Å². The maximum Gasteiger partial charge on any atom is 0.0312 e. The van der Waals surface area contributed by atoms with Crippen LogP contribution in [-0.4, -0.2) is 28.5 Å². The SMILES string of the molecule is CC1(C)CC(CN)CCN1Cc1cccnc1. The Balaban J connectivity index is 2.02. The molecule has 1 saturated heterocycles. The fourth-order valence-electron chi connectivity index (χ4n) is 2.78. The van der Waals surface area contributed by atoms with Gasteiger partial charge in [-0.15, -0.1) is 0 Å². The van der Waals surface area contributed by atoms with Crippen LogP contribution >= 0.6 is 0 Å². The van der Waals surface area contributed by atoms with Crippen molar-refractivity contribution < 1.29 is 0 Å². The number of hydrogen-bond donors (Lipinski definition) is 1. The standard InChI is InChI=1S/C14H23N3/c1-14(2)8-12(9-15)5-7-17(14)11-13-4-3-6-16-10-13/h3-4,6,10,12H,5,7-9,11,15H2,1-2H3. The minimum Gasteiger partial charge on any atom is -0.330 e. The number of likely N-dealkylation sites (tertiary alicyclic amines) is 1. The molecule has 0 saturated carbocycles. The van der Waals surface area contributed by atoms with Crippen LogP contribution in [0.15, 0.2) is 24.5 Å². The lowest BCUT2D eigenvalue weighted by atomic mass is 9.82. The highest BCUT2D eigenvalue weighted by atomic mass is 15.2. The van der Waals surface area contributed by atoms with Gasteiger partial charge in [0.05, 0.1) is 0 Å². The molecule has 0 aliphatic carbocycles. The van der Waals surface area contributed by atoms with Gasteiger partial charge in [-0.3, -0.25) is 9.88 Å². The Morgan fingerprint density at radius 3 is 2.94 bits per heavy atom. The van der Waals surface area contributed by atoms with Crippen LogP contribution in [0.2, 0.25) is 0 Å². The first kappa shape index (κ1) is 12.5. The van der Waals surface area contributed by atoms with Crippen molar-refractivity contribution in [3.05, 3.63) is 30.1 Å². The number of nitrogens with zero attached hydrogens (tertiary/aromatic N) is 2. The van der Waals surface area contributed by atoms with Gasteiger partial charge in [0.25, 0.3) is 0 Å². The van der Waals surface area contributed by atoms with Crippen molar-refractivity contribution >= 4 is 0 Å². The van der Waals surface area contributed by atoms with E-state index in [4.69, 9.17) is 5.73 Å².